The lowest BCUT2D eigenvalue weighted by atomic mass is 10.2. The first-order valence-corrected chi connectivity index (χ1v) is 7.97. The zero-order valence-corrected chi connectivity index (χ0v) is 14.3. The number of amides is 1. The van der Waals surface area contributed by atoms with Crippen LogP contribution >= 0.6 is 0 Å². The quantitative estimate of drug-likeness (QED) is 0.518. The minimum Gasteiger partial charge on any atom is -0.408 e. The van der Waals surface area contributed by atoms with Gasteiger partial charge in [0.2, 0.25) is 5.91 Å². The number of nitrogens with zero attached hydrogens (tertiary/aromatic N) is 3. The molecule has 1 atom stereocenters. The van der Waals surface area contributed by atoms with E-state index in [0.29, 0.717) is 11.1 Å². The standard InChI is InChI=1S/C18H17N3O5/c1-12(20-15-5-3-4-6-16(15)26-18(20)23)17(22)19(2)11-13-7-9-14(10-8-13)21(24)25/h3-10,12H,11H2,1-2H3. The van der Waals surface area contributed by atoms with Crippen molar-refractivity contribution in [3.05, 3.63) is 74.8 Å². The number of carbonyl (C=O) groups is 1. The van der Waals surface area contributed by atoms with Gasteiger partial charge in [-0.05, 0) is 24.6 Å². The molecule has 8 heteroatoms. The number of hydrogen-bond donors (Lipinski definition) is 0. The predicted octanol–water partition coefficient (Wildman–Crippen LogP) is 2.72. The maximum absolute atomic E-state index is 12.7. The lowest BCUT2D eigenvalue weighted by Gasteiger charge is -2.22. The molecule has 0 aliphatic rings. The molecule has 26 heavy (non-hydrogen) atoms. The number of oxazole rings is 1. The molecular weight excluding hydrogens is 338 g/mol. The molecule has 8 nitrogen and oxygen atoms in total. The van der Waals surface area contributed by atoms with Crippen LogP contribution in [0.25, 0.3) is 11.1 Å². The molecule has 0 aliphatic carbocycles. The third-order valence-electron chi connectivity index (χ3n) is 4.21. The van der Waals surface area contributed by atoms with Crippen molar-refractivity contribution in [2.75, 3.05) is 7.05 Å². The topological polar surface area (TPSA) is 98.6 Å². The molecule has 0 aliphatic heterocycles. The van der Waals surface area contributed by atoms with Crippen LogP contribution in [0.4, 0.5) is 5.69 Å². The number of nitro groups is 1. The van der Waals surface area contributed by atoms with E-state index in [1.54, 1.807) is 50.4 Å². The van der Waals surface area contributed by atoms with Gasteiger partial charge in [-0.1, -0.05) is 24.3 Å². The number of benzene rings is 2. The van der Waals surface area contributed by atoms with Crippen molar-refractivity contribution < 1.29 is 14.1 Å². The third kappa shape index (κ3) is 3.21. The molecule has 0 saturated heterocycles. The predicted molar refractivity (Wildman–Crippen MR) is 94.8 cm³/mol. The minimum absolute atomic E-state index is 0.00693. The Bertz CT molecular complexity index is 1020. The number of likely N-dealkylation sites (N-methyl/N-ethyl adjacent to an activating group) is 1. The molecule has 1 aromatic heterocycles. The molecule has 0 bridgehead atoms. The maximum Gasteiger partial charge on any atom is 0.420 e. The number of non-ortho nitro benzene ring substituents is 1. The Balaban J connectivity index is 1.80. The van der Waals surface area contributed by atoms with Crippen molar-refractivity contribution >= 4 is 22.7 Å². The molecule has 1 unspecified atom stereocenters. The summed E-state index contributed by atoms with van der Waals surface area (Å²) in [5.41, 5.74) is 1.73. The molecule has 3 rings (SSSR count). The van der Waals surface area contributed by atoms with Gasteiger partial charge in [0.15, 0.2) is 5.58 Å². The second-order valence-corrected chi connectivity index (χ2v) is 6.00. The second-order valence-electron chi connectivity index (χ2n) is 6.00. The van der Waals surface area contributed by atoms with Crippen molar-refractivity contribution in [2.24, 2.45) is 0 Å². The minimum atomic E-state index is -0.741. The van der Waals surface area contributed by atoms with Crippen LogP contribution in [0.3, 0.4) is 0 Å². The van der Waals surface area contributed by atoms with Gasteiger partial charge in [0.1, 0.15) is 6.04 Å². The number of hydrogen-bond acceptors (Lipinski definition) is 5. The van der Waals surface area contributed by atoms with E-state index in [9.17, 15) is 19.7 Å². The number of carbonyl (C=O) groups excluding carboxylic acids is 1. The molecule has 134 valence electrons. The first kappa shape index (κ1) is 17.4. The van der Waals surface area contributed by atoms with Gasteiger partial charge in [-0.3, -0.25) is 19.5 Å². The van der Waals surface area contributed by atoms with Crippen LogP contribution in [0.2, 0.25) is 0 Å². The molecule has 3 aromatic rings. The van der Waals surface area contributed by atoms with Gasteiger partial charge in [0.05, 0.1) is 10.4 Å². The largest absolute Gasteiger partial charge is 0.420 e. The normalized spacial score (nSPS) is 12.1. The van der Waals surface area contributed by atoms with Crippen LogP contribution in [0, 0.1) is 10.1 Å². The van der Waals surface area contributed by atoms with Crippen molar-refractivity contribution in [1.29, 1.82) is 0 Å². The summed E-state index contributed by atoms with van der Waals surface area (Å²) in [6, 6.07) is 12.2. The number of fused-ring (bicyclic) bond motifs is 1. The first-order chi connectivity index (χ1) is 12.4. The van der Waals surface area contributed by atoms with Crippen molar-refractivity contribution in [1.82, 2.24) is 9.47 Å². The Morgan fingerprint density at radius 1 is 1.23 bits per heavy atom. The van der Waals surface area contributed by atoms with Gasteiger partial charge in [0.25, 0.3) is 5.69 Å². The lowest BCUT2D eigenvalue weighted by molar-refractivity contribution is -0.384. The summed E-state index contributed by atoms with van der Waals surface area (Å²) in [5.74, 6) is -0.854. The maximum atomic E-state index is 12.7. The van der Waals surface area contributed by atoms with E-state index < -0.39 is 16.7 Å². The summed E-state index contributed by atoms with van der Waals surface area (Å²) in [6.07, 6.45) is 0. The highest BCUT2D eigenvalue weighted by Crippen LogP contribution is 2.19. The van der Waals surface area contributed by atoms with Gasteiger partial charge < -0.3 is 9.32 Å². The number of aromatic nitrogens is 1. The molecule has 1 amide bonds. The number of para-hydroxylation sites is 2. The fourth-order valence-electron chi connectivity index (χ4n) is 2.86. The van der Waals surface area contributed by atoms with E-state index in [1.807, 2.05) is 0 Å². The summed E-state index contributed by atoms with van der Waals surface area (Å²) in [5, 5.41) is 10.7. The fourth-order valence-corrected chi connectivity index (χ4v) is 2.86. The Morgan fingerprint density at radius 2 is 1.88 bits per heavy atom. The summed E-state index contributed by atoms with van der Waals surface area (Å²) in [6.45, 7) is 1.91. The third-order valence-corrected chi connectivity index (χ3v) is 4.21. The molecule has 0 N–H and O–H groups in total. The van der Waals surface area contributed by atoms with E-state index in [-0.39, 0.29) is 18.1 Å². The molecule has 0 fully saturated rings. The highest BCUT2D eigenvalue weighted by atomic mass is 16.6. The van der Waals surface area contributed by atoms with Crippen LogP contribution in [0.5, 0.6) is 0 Å². The molecular formula is C18H17N3O5. The van der Waals surface area contributed by atoms with E-state index in [1.165, 1.54) is 21.6 Å². The van der Waals surface area contributed by atoms with Crippen LogP contribution in [0.1, 0.15) is 18.5 Å². The Kier molecular flexibility index (Phi) is 4.57. The Labute approximate surface area is 148 Å². The fraction of sp³-hybridized carbons (Fsp3) is 0.222. The average molecular weight is 355 g/mol. The van der Waals surface area contributed by atoms with Crippen LogP contribution in [-0.4, -0.2) is 27.3 Å². The number of nitro benzene ring substituents is 1. The zero-order valence-electron chi connectivity index (χ0n) is 14.3. The lowest BCUT2D eigenvalue weighted by Crippen LogP contribution is -2.35. The second kappa shape index (κ2) is 6.83. The van der Waals surface area contributed by atoms with E-state index in [4.69, 9.17) is 4.42 Å². The van der Waals surface area contributed by atoms with Crippen LogP contribution in [0.15, 0.2) is 57.7 Å². The van der Waals surface area contributed by atoms with Crippen LogP contribution < -0.4 is 5.76 Å². The highest BCUT2D eigenvalue weighted by molar-refractivity contribution is 5.82. The average Bonchev–Trinajstić information content (AvgIpc) is 2.96. The molecule has 0 saturated carbocycles. The number of rotatable bonds is 5. The molecule has 0 spiro atoms. The highest BCUT2D eigenvalue weighted by Gasteiger charge is 2.24. The van der Waals surface area contributed by atoms with Gasteiger partial charge in [-0.25, -0.2) is 4.79 Å². The van der Waals surface area contributed by atoms with Gasteiger partial charge >= 0.3 is 5.76 Å². The summed E-state index contributed by atoms with van der Waals surface area (Å²) >= 11 is 0. The van der Waals surface area contributed by atoms with Gasteiger partial charge in [-0.15, -0.1) is 0 Å². The van der Waals surface area contributed by atoms with E-state index in [2.05, 4.69) is 0 Å². The van der Waals surface area contributed by atoms with E-state index >= 15 is 0 Å². The monoisotopic (exact) mass is 355 g/mol. The summed E-state index contributed by atoms with van der Waals surface area (Å²) in [7, 11) is 1.62. The molecule has 0 radical (unpaired) electrons. The molecule has 2 aromatic carbocycles. The summed E-state index contributed by atoms with van der Waals surface area (Å²) in [4.78, 5) is 36.6. The van der Waals surface area contributed by atoms with Gasteiger partial charge in [-0.2, -0.15) is 0 Å². The zero-order chi connectivity index (χ0) is 18.8. The van der Waals surface area contributed by atoms with Crippen molar-refractivity contribution in [2.45, 2.75) is 19.5 Å². The Hall–Kier alpha value is -3.42. The van der Waals surface area contributed by atoms with Crippen LogP contribution in [-0.2, 0) is 11.3 Å². The molecule has 1 heterocycles. The van der Waals surface area contributed by atoms with Crippen molar-refractivity contribution in [3.8, 4) is 0 Å². The summed E-state index contributed by atoms with van der Waals surface area (Å²) < 4.78 is 6.50. The Morgan fingerprint density at radius 3 is 2.54 bits per heavy atom. The van der Waals surface area contributed by atoms with Crippen molar-refractivity contribution in [3.63, 3.8) is 0 Å². The SMILES string of the molecule is CC(C(=O)N(C)Cc1ccc([N+](=O)[O-])cc1)n1c(=O)oc2ccccc21. The van der Waals surface area contributed by atoms with E-state index in [0.717, 1.165) is 5.56 Å². The van der Waals surface area contributed by atoms with Gasteiger partial charge in [0, 0.05) is 25.7 Å². The smallest absolute Gasteiger partial charge is 0.408 e. The first-order valence-electron chi connectivity index (χ1n) is 7.97.